The van der Waals surface area contributed by atoms with Gasteiger partial charge in [0.2, 0.25) is 12.7 Å². The van der Waals surface area contributed by atoms with E-state index >= 15 is 0 Å². The van der Waals surface area contributed by atoms with Gasteiger partial charge in [-0.25, -0.2) is 0 Å². The predicted octanol–water partition coefficient (Wildman–Crippen LogP) is 1.77. The normalized spacial score (nSPS) is 13.2. The summed E-state index contributed by atoms with van der Waals surface area (Å²) in [6.07, 6.45) is 0. The highest BCUT2D eigenvalue weighted by Gasteiger charge is 2.17. The van der Waals surface area contributed by atoms with Gasteiger partial charge in [-0.3, -0.25) is 9.59 Å². The minimum atomic E-state index is -0.512. The topological polar surface area (TPSA) is 99.9 Å². The van der Waals surface area contributed by atoms with Crippen LogP contribution >= 0.6 is 0 Å². The van der Waals surface area contributed by atoms with Crippen molar-refractivity contribution in [3.8, 4) is 17.2 Å². The Balaban J connectivity index is 1.52. The standard InChI is InChI=1S/C18H18N2O5/c1-11(13-4-7-15-16(8-13)25-10-24-15)20-17(21)9-23-14-5-2-12(3-6-14)18(19)22/h2-8,11H,9-10H2,1H3,(H2,19,22)(H,20,21)/t11-/m1/s1. The Kier molecular flexibility index (Phi) is 4.74. The fourth-order valence-corrected chi connectivity index (χ4v) is 2.41. The fourth-order valence-electron chi connectivity index (χ4n) is 2.41. The minimum absolute atomic E-state index is 0.134. The van der Waals surface area contributed by atoms with Crippen molar-refractivity contribution in [1.29, 1.82) is 0 Å². The van der Waals surface area contributed by atoms with Crippen LogP contribution in [-0.4, -0.2) is 25.2 Å². The summed E-state index contributed by atoms with van der Waals surface area (Å²) in [6, 6.07) is 11.6. The number of amides is 2. The molecule has 0 saturated heterocycles. The van der Waals surface area contributed by atoms with Gasteiger partial charge in [-0.15, -0.1) is 0 Å². The molecule has 0 spiro atoms. The first kappa shape index (κ1) is 16.6. The molecule has 1 atom stereocenters. The molecule has 0 bridgehead atoms. The second kappa shape index (κ2) is 7.12. The number of benzene rings is 2. The minimum Gasteiger partial charge on any atom is -0.484 e. The molecular formula is C18H18N2O5. The largest absolute Gasteiger partial charge is 0.484 e. The van der Waals surface area contributed by atoms with E-state index in [0.717, 1.165) is 5.56 Å². The monoisotopic (exact) mass is 342 g/mol. The van der Waals surface area contributed by atoms with Crippen LogP contribution in [0, 0.1) is 0 Å². The second-order valence-corrected chi connectivity index (χ2v) is 5.58. The number of hydrogen-bond donors (Lipinski definition) is 2. The third kappa shape index (κ3) is 4.00. The quantitative estimate of drug-likeness (QED) is 0.833. The van der Waals surface area contributed by atoms with Crippen LogP contribution in [0.25, 0.3) is 0 Å². The number of hydrogen-bond acceptors (Lipinski definition) is 5. The third-order valence-corrected chi connectivity index (χ3v) is 3.78. The number of carbonyl (C=O) groups excluding carboxylic acids is 2. The lowest BCUT2D eigenvalue weighted by molar-refractivity contribution is -0.123. The molecule has 0 unspecified atom stereocenters. The summed E-state index contributed by atoms with van der Waals surface area (Å²) in [6.45, 7) is 1.95. The molecule has 0 aliphatic carbocycles. The molecule has 1 heterocycles. The summed E-state index contributed by atoms with van der Waals surface area (Å²) in [4.78, 5) is 23.0. The molecule has 3 N–H and O–H groups in total. The highest BCUT2D eigenvalue weighted by Crippen LogP contribution is 2.34. The SMILES string of the molecule is C[C@@H](NC(=O)COc1ccc(C(N)=O)cc1)c1ccc2c(c1)OCO2. The van der Waals surface area contributed by atoms with E-state index in [4.69, 9.17) is 19.9 Å². The van der Waals surface area contributed by atoms with Crippen LogP contribution in [0.1, 0.15) is 28.9 Å². The summed E-state index contributed by atoms with van der Waals surface area (Å²) in [5, 5.41) is 2.85. The van der Waals surface area contributed by atoms with Gasteiger partial charge < -0.3 is 25.3 Å². The zero-order valence-electron chi connectivity index (χ0n) is 13.7. The number of rotatable bonds is 6. The first-order valence-corrected chi connectivity index (χ1v) is 7.74. The molecule has 3 rings (SSSR count). The van der Waals surface area contributed by atoms with Gasteiger partial charge in [-0.1, -0.05) is 6.07 Å². The van der Waals surface area contributed by atoms with E-state index in [1.807, 2.05) is 25.1 Å². The van der Waals surface area contributed by atoms with Gasteiger partial charge in [0.05, 0.1) is 6.04 Å². The van der Waals surface area contributed by atoms with Crippen LogP contribution in [-0.2, 0) is 4.79 Å². The first-order chi connectivity index (χ1) is 12.0. The van der Waals surface area contributed by atoms with Crippen molar-refractivity contribution in [2.24, 2.45) is 5.73 Å². The maximum absolute atomic E-state index is 12.0. The molecule has 130 valence electrons. The summed E-state index contributed by atoms with van der Waals surface area (Å²) >= 11 is 0. The lowest BCUT2D eigenvalue weighted by Gasteiger charge is -2.15. The summed E-state index contributed by atoms with van der Waals surface area (Å²) in [5.74, 6) is 1.08. The zero-order chi connectivity index (χ0) is 17.8. The van der Waals surface area contributed by atoms with Crippen LogP contribution in [0.15, 0.2) is 42.5 Å². The van der Waals surface area contributed by atoms with Gasteiger partial charge in [-0.05, 0) is 48.9 Å². The molecule has 2 aromatic rings. The number of carbonyl (C=O) groups is 2. The summed E-state index contributed by atoms with van der Waals surface area (Å²) in [5.41, 5.74) is 6.46. The molecule has 25 heavy (non-hydrogen) atoms. The Hall–Kier alpha value is -3.22. The molecule has 0 fully saturated rings. The molecular weight excluding hydrogens is 324 g/mol. The van der Waals surface area contributed by atoms with E-state index in [1.165, 1.54) is 0 Å². The summed E-state index contributed by atoms with van der Waals surface area (Å²) < 4.78 is 16.0. The first-order valence-electron chi connectivity index (χ1n) is 7.74. The fraction of sp³-hybridized carbons (Fsp3) is 0.222. The van der Waals surface area contributed by atoms with Gasteiger partial charge in [0.25, 0.3) is 5.91 Å². The summed E-state index contributed by atoms with van der Waals surface area (Å²) in [7, 11) is 0. The number of ether oxygens (including phenoxy) is 3. The third-order valence-electron chi connectivity index (χ3n) is 3.78. The van der Waals surface area contributed by atoms with Gasteiger partial charge >= 0.3 is 0 Å². The van der Waals surface area contributed by atoms with Gasteiger partial charge in [-0.2, -0.15) is 0 Å². The van der Waals surface area contributed by atoms with E-state index in [0.29, 0.717) is 22.8 Å². The highest BCUT2D eigenvalue weighted by molar-refractivity contribution is 5.92. The lowest BCUT2D eigenvalue weighted by atomic mass is 10.1. The molecule has 2 amide bonds. The Morgan fingerprint density at radius 2 is 1.88 bits per heavy atom. The van der Waals surface area contributed by atoms with Crippen LogP contribution in [0.3, 0.4) is 0 Å². The molecule has 1 aliphatic rings. The second-order valence-electron chi connectivity index (χ2n) is 5.58. The number of primary amides is 1. The molecule has 0 radical (unpaired) electrons. The average molecular weight is 342 g/mol. The van der Waals surface area contributed by atoms with Crippen LogP contribution < -0.4 is 25.3 Å². The lowest BCUT2D eigenvalue weighted by Crippen LogP contribution is -2.31. The molecule has 0 saturated carbocycles. The van der Waals surface area contributed by atoms with Gasteiger partial charge in [0, 0.05) is 5.56 Å². The van der Waals surface area contributed by atoms with E-state index < -0.39 is 5.91 Å². The van der Waals surface area contributed by atoms with Crippen molar-refractivity contribution in [1.82, 2.24) is 5.32 Å². The predicted molar refractivity (Wildman–Crippen MR) is 89.6 cm³/mol. The van der Waals surface area contributed by atoms with Crippen molar-refractivity contribution in [2.45, 2.75) is 13.0 Å². The molecule has 0 aromatic heterocycles. The Labute approximate surface area is 144 Å². The van der Waals surface area contributed by atoms with E-state index in [1.54, 1.807) is 24.3 Å². The van der Waals surface area contributed by atoms with Crippen LogP contribution in [0.4, 0.5) is 0 Å². The smallest absolute Gasteiger partial charge is 0.258 e. The van der Waals surface area contributed by atoms with E-state index in [2.05, 4.69) is 5.32 Å². The molecule has 1 aliphatic heterocycles. The molecule has 7 heteroatoms. The van der Waals surface area contributed by atoms with E-state index in [-0.39, 0.29) is 25.3 Å². The Morgan fingerprint density at radius 3 is 2.60 bits per heavy atom. The number of nitrogens with two attached hydrogens (primary N) is 1. The van der Waals surface area contributed by atoms with Crippen molar-refractivity contribution < 1.29 is 23.8 Å². The van der Waals surface area contributed by atoms with Gasteiger partial charge in [0.1, 0.15) is 5.75 Å². The Bertz CT molecular complexity index is 789. The molecule has 2 aromatic carbocycles. The van der Waals surface area contributed by atoms with Crippen molar-refractivity contribution >= 4 is 11.8 Å². The average Bonchev–Trinajstić information content (AvgIpc) is 3.08. The maximum Gasteiger partial charge on any atom is 0.258 e. The zero-order valence-corrected chi connectivity index (χ0v) is 13.7. The van der Waals surface area contributed by atoms with Crippen molar-refractivity contribution in [3.05, 3.63) is 53.6 Å². The van der Waals surface area contributed by atoms with Gasteiger partial charge in [0.15, 0.2) is 18.1 Å². The maximum atomic E-state index is 12.0. The van der Waals surface area contributed by atoms with E-state index in [9.17, 15) is 9.59 Å². The molecule has 7 nitrogen and oxygen atoms in total. The van der Waals surface area contributed by atoms with Crippen LogP contribution in [0.5, 0.6) is 17.2 Å². The number of nitrogens with one attached hydrogen (secondary N) is 1. The van der Waals surface area contributed by atoms with Crippen LogP contribution in [0.2, 0.25) is 0 Å². The highest BCUT2D eigenvalue weighted by atomic mass is 16.7. The van der Waals surface area contributed by atoms with Crippen molar-refractivity contribution in [2.75, 3.05) is 13.4 Å². The Morgan fingerprint density at radius 1 is 1.16 bits per heavy atom. The van der Waals surface area contributed by atoms with Crippen molar-refractivity contribution in [3.63, 3.8) is 0 Å². The number of fused-ring (bicyclic) bond motifs is 1.